The first-order chi connectivity index (χ1) is 3.41. The summed E-state index contributed by atoms with van der Waals surface area (Å²) in [5, 5.41) is 9.59. The lowest BCUT2D eigenvalue weighted by molar-refractivity contribution is 0.350. The van der Waals surface area contributed by atoms with Crippen molar-refractivity contribution in [2.24, 2.45) is 0 Å². The van der Waals surface area contributed by atoms with Crippen LogP contribution in [-0.4, -0.2) is 0 Å². The molecule has 0 aliphatic rings. The van der Waals surface area contributed by atoms with Gasteiger partial charge in [-0.1, -0.05) is 6.08 Å². The van der Waals surface area contributed by atoms with Crippen molar-refractivity contribution in [2.75, 3.05) is 0 Å². The van der Waals surface area contributed by atoms with Crippen LogP contribution in [0.3, 0.4) is 0 Å². The van der Waals surface area contributed by atoms with Gasteiger partial charge in [0.2, 0.25) is 0 Å². The predicted octanol–water partition coefficient (Wildman–Crippen LogP) is 1.90. The van der Waals surface area contributed by atoms with Crippen LogP contribution in [0, 0.1) is 0 Å². The van der Waals surface area contributed by atoms with Gasteiger partial charge in [0.15, 0.2) is 0 Å². The highest BCUT2D eigenvalue weighted by atomic mass is 16.2. The van der Waals surface area contributed by atoms with Crippen molar-refractivity contribution in [1.29, 1.82) is 0 Å². The average Bonchev–Trinajstić information content (AvgIpc) is 1.69. The first kappa shape index (κ1) is 6.28. The summed E-state index contributed by atoms with van der Waals surface area (Å²) in [5.74, 6) is 0. The summed E-state index contributed by atoms with van der Waals surface area (Å²) in [6, 6.07) is 0. The third-order valence-electron chi connectivity index (χ3n) is 0.634. The second-order valence-electron chi connectivity index (χ2n) is 1.24. The highest BCUT2D eigenvalue weighted by molar-refractivity contribution is 4.77. The zero-order valence-corrected chi connectivity index (χ0v) is 4.26. The van der Waals surface area contributed by atoms with E-state index < -0.39 is 0 Å². The fraction of sp³-hybridized carbons (Fsp3) is 0.333. The van der Waals surface area contributed by atoms with Crippen molar-refractivity contribution < 1.29 is 5.11 Å². The second kappa shape index (κ2) is 5.28. The molecule has 0 saturated heterocycles. The summed E-state index contributed by atoms with van der Waals surface area (Å²) in [6.07, 6.45) is 5.91. The Kier molecular flexibility index (Phi) is 4.74. The molecule has 0 bridgehead atoms. The van der Waals surface area contributed by atoms with Gasteiger partial charge in [-0.2, -0.15) is 0 Å². The molecule has 0 heterocycles. The van der Waals surface area contributed by atoms with E-state index in [2.05, 4.69) is 6.58 Å². The van der Waals surface area contributed by atoms with E-state index in [-0.39, 0.29) is 0 Å². The average molecular weight is 97.1 g/mol. The molecule has 0 aromatic carbocycles. The van der Waals surface area contributed by atoms with Gasteiger partial charge in [0.05, 0.1) is 0 Å². The Morgan fingerprint density at radius 2 is 2.14 bits per heavy atom. The van der Waals surface area contributed by atoms with E-state index >= 15 is 0 Å². The van der Waals surface area contributed by atoms with Gasteiger partial charge in [0.1, 0.15) is 6.26 Å². The molecule has 0 fully saturated rings. The molecule has 0 aromatic heterocycles. The minimum atomic E-state index is 0.809. The molecule has 0 atom stereocenters. The van der Waals surface area contributed by atoms with Gasteiger partial charge in [-0.25, -0.2) is 0 Å². The van der Waals surface area contributed by atoms with E-state index in [1.165, 1.54) is 0 Å². The Balaban J connectivity index is 2.82. The highest BCUT2D eigenvalue weighted by Gasteiger charge is 1.70. The lowest BCUT2D eigenvalue weighted by atomic mass is 10.3. The maximum Gasteiger partial charge on any atom is 0.138 e. The van der Waals surface area contributed by atoms with E-state index in [1.54, 1.807) is 12.2 Å². The first-order valence-electron chi connectivity index (χ1n) is 2.29. The highest BCUT2D eigenvalue weighted by Crippen LogP contribution is 1.88. The van der Waals surface area contributed by atoms with Crippen molar-refractivity contribution in [2.45, 2.75) is 12.8 Å². The van der Waals surface area contributed by atoms with E-state index in [0.29, 0.717) is 0 Å². The third-order valence-corrected chi connectivity index (χ3v) is 0.634. The lowest BCUT2D eigenvalue weighted by Gasteiger charge is -1.77. The molecule has 0 unspecified atom stereocenters. The van der Waals surface area contributed by atoms with Crippen LogP contribution in [0.15, 0.2) is 25.0 Å². The van der Waals surface area contributed by atoms with E-state index in [9.17, 15) is 5.11 Å². The monoisotopic (exact) mass is 97.1 g/mol. The molecule has 0 rings (SSSR count). The number of rotatable bonds is 3. The largest absolute Gasteiger partial charge is 0.299 e. The van der Waals surface area contributed by atoms with Gasteiger partial charge in [-0.3, -0.25) is 5.11 Å². The van der Waals surface area contributed by atoms with Crippen LogP contribution in [0.2, 0.25) is 0 Å². The molecular weight excluding hydrogens is 88.1 g/mol. The maximum atomic E-state index is 9.59. The second-order valence-corrected chi connectivity index (χ2v) is 1.24. The van der Waals surface area contributed by atoms with Gasteiger partial charge in [-0.05, 0) is 18.9 Å². The zero-order valence-electron chi connectivity index (χ0n) is 4.26. The molecule has 0 aromatic rings. The smallest absolute Gasteiger partial charge is 0.138 e. The summed E-state index contributed by atoms with van der Waals surface area (Å²) >= 11 is 0. The SMILES string of the molecule is C=CCCC=C[O]. The summed E-state index contributed by atoms with van der Waals surface area (Å²) in [4.78, 5) is 0. The fourth-order valence-electron chi connectivity index (χ4n) is 0.282. The Morgan fingerprint density at radius 1 is 1.43 bits per heavy atom. The van der Waals surface area contributed by atoms with Crippen LogP contribution >= 0.6 is 0 Å². The maximum absolute atomic E-state index is 9.59. The predicted molar refractivity (Wildman–Crippen MR) is 29.3 cm³/mol. The lowest BCUT2D eigenvalue weighted by Crippen LogP contribution is -1.59. The van der Waals surface area contributed by atoms with Gasteiger partial charge >= 0.3 is 0 Å². The molecular formula is C6H9O. The van der Waals surface area contributed by atoms with Crippen LogP contribution < -0.4 is 0 Å². The van der Waals surface area contributed by atoms with E-state index in [0.717, 1.165) is 19.1 Å². The summed E-state index contributed by atoms with van der Waals surface area (Å²) in [5.41, 5.74) is 0. The minimum absolute atomic E-state index is 0.809. The van der Waals surface area contributed by atoms with E-state index in [1.807, 2.05) is 0 Å². The molecule has 0 aliphatic carbocycles. The number of allylic oxidation sites excluding steroid dienone is 2. The molecule has 0 amide bonds. The van der Waals surface area contributed by atoms with Crippen molar-refractivity contribution >= 4 is 0 Å². The van der Waals surface area contributed by atoms with Crippen LogP contribution in [0.5, 0.6) is 0 Å². The van der Waals surface area contributed by atoms with E-state index in [4.69, 9.17) is 0 Å². The van der Waals surface area contributed by atoms with Crippen molar-refractivity contribution in [3.05, 3.63) is 25.0 Å². The molecule has 1 radical (unpaired) electrons. The van der Waals surface area contributed by atoms with Crippen LogP contribution in [-0.2, 0) is 5.11 Å². The molecule has 0 N–H and O–H groups in total. The molecule has 1 heteroatoms. The molecule has 7 heavy (non-hydrogen) atoms. The molecule has 0 spiro atoms. The molecule has 0 aliphatic heterocycles. The van der Waals surface area contributed by atoms with Gasteiger partial charge in [-0.15, -0.1) is 6.58 Å². The Bertz CT molecular complexity index is 64.6. The normalized spacial score (nSPS) is 9.71. The van der Waals surface area contributed by atoms with Gasteiger partial charge in [0.25, 0.3) is 0 Å². The quantitative estimate of drug-likeness (QED) is 0.291. The van der Waals surface area contributed by atoms with Crippen molar-refractivity contribution in [1.82, 2.24) is 0 Å². The Labute approximate surface area is 44.0 Å². The van der Waals surface area contributed by atoms with Gasteiger partial charge in [0, 0.05) is 0 Å². The third kappa shape index (κ3) is 5.28. The fourth-order valence-corrected chi connectivity index (χ4v) is 0.282. The number of hydrogen-bond acceptors (Lipinski definition) is 0. The topological polar surface area (TPSA) is 19.9 Å². The molecule has 1 nitrogen and oxygen atoms in total. The van der Waals surface area contributed by atoms with Crippen molar-refractivity contribution in [3.8, 4) is 0 Å². The van der Waals surface area contributed by atoms with Crippen LogP contribution in [0.1, 0.15) is 12.8 Å². The summed E-state index contributed by atoms with van der Waals surface area (Å²) < 4.78 is 0. The zero-order chi connectivity index (χ0) is 5.54. The molecule has 39 valence electrons. The number of unbranched alkanes of at least 4 members (excludes halogenated alkanes) is 1. The molecule has 0 saturated carbocycles. The summed E-state index contributed by atoms with van der Waals surface area (Å²) in [6.45, 7) is 3.50. The summed E-state index contributed by atoms with van der Waals surface area (Å²) in [7, 11) is 0. The van der Waals surface area contributed by atoms with Gasteiger partial charge < -0.3 is 0 Å². The Morgan fingerprint density at radius 3 is 2.57 bits per heavy atom. The standard InChI is InChI=1S/C6H9O/c1-2-3-4-5-6-7/h2,5-6H,1,3-4H2. The number of hydrogen-bond donors (Lipinski definition) is 0. The Hall–Kier alpha value is -0.720. The van der Waals surface area contributed by atoms with Crippen LogP contribution in [0.4, 0.5) is 0 Å². The minimum Gasteiger partial charge on any atom is -0.299 e. The first-order valence-corrected chi connectivity index (χ1v) is 2.29. The van der Waals surface area contributed by atoms with Crippen LogP contribution in [0.25, 0.3) is 0 Å². The van der Waals surface area contributed by atoms with Crippen molar-refractivity contribution in [3.63, 3.8) is 0 Å².